The molecule has 1 aromatic heterocycles. The van der Waals surface area contributed by atoms with Crippen molar-refractivity contribution in [3.8, 4) is 0 Å². The summed E-state index contributed by atoms with van der Waals surface area (Å²) in [7, 11) is 0. The minimum atomic E-state index is -1.58. The fourth-order valence-corrected chi connectivity index (χ4v) is 9.47. The number of nitrogens with two attached hydrogens (primary N) is 9. The number of hydrogen-bond acceptors (Lipinski definition) is 20. The highest BCUT2D eigenvalue weighted by atomic mass is 16.3. The van der Waals surface area contributed by atoms with Gasteiger partial charge in [0, 0.05) is 44.5 Å². The molecule has 29 N–H and O–H groups in total. The number of rotatable bonds is 46. The zero-order valence-corrected chi connectivity index (χ0v) is 51.9. The third kappa shape index (κ3) is 29.2. The standard InChI is InChI=1S/C56H104N22O11/c1-3-34(2)45(76-54(88)46(43(79)30-62)77-47(81)36(63)15-4-7-21-57)53(87)69-32-44(80)71-40(18-12-25-61)55(89)78-28-14-20-42(78)52(86)75-41(29-35-31-66-33-70-35)51(85)74-38(17-6-9-23-59)49(83)73-39(19-13-27-68-56(64)65)50(84)72-37(16-5-8-22-58)48(82)67-26-11-10-24-60/h19,31,33-34,36-38,40-43,45-46,79H,3-18,20-30,32,57-63H2,1-2H3,(H,66,70)(H,67,82)(H,69,87)(H,71,80)(H,72,84)(H,73,83)(H,74,85)(H,75,86)(H,76,88)(H,77,81)(H4,64,65,68)/b39-19-/t34-,36-,37-,38-,40+,41-,42-,43-,45-,46-/m0/s1. The third-order valence-corrected chi connectivity index (χ3v) is 14.9. The minimum Gasteiger partial charge on any atom is -0.389 e. The average molecular weight is 1260 g/mol. The first-order valence-electron chi connectivity index (χ1n) is 31.0. The highest BCUT2D eigenvalue weighted by Gasteiger charge is 2.40. The van der Waals surface area contributed by atoms with Crippen LogP contribution in [0.5, 0.6) is 0 Å². The van der Waals surface area contributed by atoms with Crippen molar-refractivity contribution in [2.24, 2.45) is 62.5 Å². The highest BCUT2D eigenvalue weighted by Crippen LogP contribution is 2.21. The lowest BCUT2D eigenvalue weighted by molar-refractivity contribution is -0.142. The number of imidazole rings is 1. The number of likely N-dealkylation sites (tertiary alicyclic amines) is 1. The maximum atomic E-state index is 14.5. The lowest BCUT2D eigenvalue weighted by Crippen LogP contribution is -2.62. The molecule has 33 heteroatoms. The summed E-state index contributed by atoms with van der Waals surface area (Å²) in [6.45, 7) is 4.35. The van der Waals surface area contributed by atoms with Crippen molar-refractivity contribution in [2.45, 2.75) is 184 Å². The molecule has 10 amide bonds. The number of amides is 10. The van der Waals surface area contributed by atoms with Crippen molar-refractivity contribution in [1.82, 2.24) is 62.7 Å². The second kappa shape index (κ2) is 44.1. The van der Waals surface area contributed by atoms with E-state index in [0.29, 0.717) is 96.1 Å². The summed E-state index contributed by atoms with van der Waals surface area (Å²) in [4.78, 5) is 151. The fraction of sp³-hybridized carbons (Fsp3) is 0.714. The van der Waals surface area contributed by atoms with Crippen LogP contribution in [-0.4, -0.2) is 205 Å². The van der Waals surface area contributed by atoms with Gasteiger partial charge >= 0.3 is 0 Å². The van der Waals surface area contributed by atoms with E-state index in [4.69, 9.17) is 51.6 Å². The Morgan fingerprint density at radius 3 is 1.89 bits per heavy atom. The number of unbranched alkanes of at least 4 members (excludes halogenated alkanes) is 4. The Labute approximate surface area is 521 Å². The van der Waals surface area contributed by atoms with Gasteiger partial charge in [-0.05, 0) is 135 Å². The Bertz CT molecular complexity index is 2410. The van der Waals surface area contributed by atoms with Crippen LogP contribution in [-0.2, 0) is 54.4 Å². The summed E-state index contributed by atoms with van der Waals surface area (Å²) >= 11 is 0. The van der Waals surface area contributed by atoms with E-state index in [9.17, 15) is 53.1 Å². The van der Waals surface area contributed by atoms with Crippen LogP contribution in [0.15, 0.2) is 29.3 Å². The summed E-state index contributed by atoms with van der Waals surface area (Å²) in [6, 6.07) is -9.96. The summed E-state index contributed by atoms with van der Waals surface area (Å²) in [6.07, 6.45) is 8.57. The maximum Gasteiger partial charge on any atom is 0.268 e. The number of aliphatic imine (C=N–C) groups is 1. The molecule has 1 aromatic rings. The SMILES string of the molecule is CC[C@H](C)[C@H](NC(=O)[C@@H](NC(=O)[C@@H](N)CCCCN)[C@@H](O)CN)C(=O)NCC(=O)N[C@H](CCCN)C(=O)N1CCC[C@H]1C(=O)N[C@@H](Cc1cnc[nH]1)C(=O)N[C@@H](CCCCN)C(=O)N/C(=C\CCN=C(N)N)C(=O)N[C@@H](CCCCN)C(=O)NCCCCN. The zero-order chi connectivity index (χ0) is 66.3. The Kier molecular flexibility index (Phi) is 38.5. The van der Waals surface area contributed by atoms with E-state index in [1.54, 1.807) is 13.8 Å². The molecular weight excluding hydrogens is 1160 g/mol. The van der Waals surface area contributed by atoms with E-state index in [1.807, 2.05) is 0 Å². The van der Waals surface area contributed by atoms with Crippen molar-refractivity contribution in [3.05, 3.63) is 30.0 Å². The molecule has 0 bridgehead atoms. The lowest BCUT2D eigenvalue weighted by atomic mass is 9.97. The van der Waals surface area contributed by atoms with Gasteiger partial charge < -0.3 is 114 Å². The third-order valence-electron chi connectivity index (χ3n) is 14.9. The number of carbonyl (C=O) groups excluding carboxylic acids is 10. The van der Waals surface area contributed by atoms with E-state index >= 15 is 0 Å². The van der Waals surface area contributed by atoms with Crippen LogP contribution in [0.3, 0.4) is 0 Å². The van der Waals surface area contributed by atoms with Crippen molar-refractivity contribution < 1.29 is 53.1 Å². The summed E-state index contributed by atoms with van der Waals surface area (Å²) in [5, 5.41) is 34.5. The quantitative estimate of drug-likeness (QED) is 0.0125. The van der Waals surface area contributed by atoms with Crippen molar-refractivity contribution in [3.63, 3.8) is 0 Å². The van der Waals surface area contributed by atoms with Gasteiger partial charge in [0.1, 0.15) is 48.0 Å². The summed E-state index contributed by atoms with van der Waals surface area (Å²) in [5.74, 6) is -8.25. The molecule has 1 saturated heterocycles. The van der Waals surface area contributed by atoms with Gasteiger partial charge in [0.2, 0.25) is 53.2 Å². The van der Waals surface area contributed by atoms with Gasteiger partial charge in [-0.25, -0.2) is 4.98 Å². The monoisotopic (exact) mass is 1260 g/mol. The molecule has 1 fully saturated rings. The Hall–Kier alpha value is -7.40. The highest BCUT2D eigenvalue weighted by molar-refractivity contribution is 6.02. The number of hydrogen-bond donors (Lipinski definition) is 20. The Balaban J connectivity index is 2.39. The number of nitrogens with zero attached hydrogens (tertiary/aromatic N) is 3. The van der Waals surface area contributed by atoms with Crippen LogP contribution in [0.25, 0.3) is 0 Å². The van der Waals surface area contributed by atoms with Gasteiger partial charge in [-0.15, -0.1) is 0 Å². The van der Waals surface area contributed by atoms with Gasteiger partial charge in [-0.1, -0.05) is 32.8 Å². The van der Waals surface area contributed by atoms with E-state index in [2.05, 4.69) is 62.8 Å². The van der Waals surface area contributed by atoms with E-state index in [-0.39, 0.29) is 89.2 Å². The largest absolute Gasteiger partial charge is 0.389 e. The number of aromatic nitrogens is 2. The minimum absolute atomic E-state index is 0.0297. The van der Waals surface area contributed by atoms with E-state index < -0.39 is 133 Å². The van der Waals surface area contributed by atoms with Crippen LogP contribution in [0.2, 0.25) is 0 Å². The predicted molar refractivity (Wildman–Crippen MR) is 334 cm³/mol. The first-order valence-corrected chi connectivity index (χ1v) is 31.0. The number of H-pyrrole nitrogens is 1. The molecule has 10 atom stereocenters. The molecule has 0 spiro atoms. The molecule has 1 aliphatic heterocycles. The van der Waals surface area contributed by atoms with Gasteiger partial charge in [-0.3, -0.25) is 52.9 Å². The molecule has 33 nitrogen and oxygen atoms in total. The van der Waals surface area contributed by atoms with Crippen LogP contribution in [0.1, 0.15) is 129 Å². The van der Waals surface area contributed by atoms with E-state index in [1.165, 1.54) is 23.5 Å². The molecule has 1 aliphatic rings. The first kappa shape index (κ1) is 77.7. The molecule has 0 unspecified atom stereocenters. The smallest absolute Gasteiger partial charge is 0.268 e. The second-order valence-corrected chi connectivity index (χ2v) is 22.0. The molecule has 2 heterocycles. The molecule has 0 aliphatic carbocycles. The van der Waals surface area contributed by atoms with Crippen LogP contribution in [0, 0.1) is 5.92 Å². The summed E-state index contributed by atoms with van der Waals surface area (Å²) in [5.41, 5.74) is 51.5. The molecule has 504 valence electrons. The topological polar surface area (TPSA) is 578 Å². The number of carbonyl (C=O) groups is 10. The van der Waals surface area contributed by atoms with Crippen molar-refractivity contribution in [2.75, 3.05) is 65.4 Å². The van der Waals surface area contributed by atoms with Crippen LogP contribution < -0.4 is 99.5 Å². The molecule has 0 saturated carbocycles. The first-order chi connectivity index (χ1) is 42.6. The normalized spacial score (nSPS) is 16.1. The molecule has 89 heavy (non-hydrogen) atoms. The molecule has 2 rings (SSSR count). The Morgan fingerprint density at radius 2 is 1.29 bits per heavy atom. The van der Waals surface area contributed by atoms with Crippen LogP contribution in [0.4, 0.5) is 0 Å². The second-order valence-electron chi connectivity index (χ2n) is 22.0. The van der Waals surface area contributed by atoms with Crippen LogP contribution >= 0.6 is 0 Å². The number of guanidine groups is 1. The zero-order valence-electron chi connectivity index (χ0n) is 51.9. The lowest BCUT2D eigenvalue weighted by Gasteiger charge is -2.30. The number of aliphatic hydroxyl groups is 1. The summed E-state index contributed by atoms with van der Waals surface area (Å²) < 4.78 is 0. The average Bonchev–Trinajstić information content (AvgIpc) is 4.15. The number of aliphatic hydroxyl groups excluding tert-OH is 1. The molecular formula is C56H104N22O11. The number of nitrogens with one attached hydrogen (secondary N) is 10. The van der Waals surface area contributed by atoms with Crippen molar-refractivity contribution in [1.29, 1.82) is 0 Å². The van der Waals surface area contributed by atoms with Crippen molar-refractivity contribution >= 4 is 65.0 Å². The molecule has 0 aromatic carbocycles. The van der Waals surface area contributed by atoms with Gasteiger partial charge in [0.25, 0.3) is 5.91 Å². The van der Waals surface area contributed by atoms with Gasteiger partial charge in [0.15, 0.2) is 5.96 Å². The van der Waals surface area contributed by atoms with Gasteiger partial charge in [-0.2, -0.15) is 0 Å². The van der Waals surface area contributed by atoms with E-state index in [0.717, 1.165) is 0 Å². The number of aromatic amines is 1. The maximum absolute atomic E-state index is 14.5. The van der Waals surface area contributed by atoms with Gasteiger partial charge in [0.05, 0.1) is 25.0 Å². The molecule has 0 radical (unpaired) electrons. The predicted octanol–water partition coefficient (Wildman–Crippen LogP) is -6.69. The Morgan fingerprint density at radius 1 is 0.685 bits per heavy atom. The fourth-order valence-electron chi connectivity index (χ4n) is 9.47.